The Labute approximate surface area is 217 Å². The van der Waals surface area contributed by atoms with Crippen molar-refractivity contribution in [2.45, 2.75) is 0 Å². The summed E-state index contributed by atoms with van der Waals surface area (Å²) < 4.78 is 14.0. The molecular weight excluding hydrogens is 512 g/mol. The second-order valence-corrected chi connectivity index (χ2v) is 6.49. The van der Waals surface area contributed by atoms with Gasteiger partial charge in [-0.05, 0) is 48.5 Å². The number of aliphatic hydroxyl groups is 5. The first-order valence-electron chi connectivity index (χ1n) is 10.7. The molecule has 2 rings (SSSR count). The van der Waals surface area contributed by atoms with E-state index in [1.165, 1.54) is 48.5 Å². The largest absolute Gasteiger partial charge is 0.478 e. The Kier molecular flexibility index (Phi) is 21.3. The van der Waals surface area contributed by atoms with Gasteiger partial charge in [-0.3, -0.25) is 0 Å². The third-order valence-corrected chi connectivity index (χ3v) is 3.80. The lowest BCUT2D eigenvalue weighted by Gasteiger charge is -2.05. The number of hydrogen-bond donors (Lipinski definition) is 6. The van der Waals surface area contributed by atoms with Gasteiger partial charge in [0.15, 0.2) is 0 Å². The fraction of sp³-hybridized carbons (Fsp3) is 0.333. The first-order chi connectivity index (χ1) is 17.7. The number of carbonyl (C=O) groups is 4. The van der Waals surface area contributed by atoms with E-state index in [0.29, 0.717) is 0 Å². The van der Waals surface area contributed by atoms with Gasteiger partial charge in [-0.15, -0.1) is 0 Å². The number of esters is 3. The van der Waals surface area contributed by atoms with E-state index in [2.05, 4.69) is 4.74 Å². The van der Waals surface area contributed by atoms with Crippen LogP contribution in [0.4, 0.5) is 0 Å². The number of carboxylic acid groups (broad SMARTS) is 1. The average Bonchev–Trinajstić information content (AvgIpc) is 2.93. The fourth-order valence-electron chi connectivity index (χ4n) is 2.16. The molecule has 0 atom stereocenters. The van der Waals surface area contributed by atoms with Crippen LogP contribution in [0.3, 0.4) is 0 Å². The first kappa shape index (κ1) is 36.2. The number of carbonyl (C=O) groups excluding carboxylic acids is 3. The molecule has 0 spiro atoms. The van der Waals surface area contributed by atoms with E-state index in [1.807, 2.05) is 0 Å². The van der Waals surface area contributed by atoms with Crippen molar-refractivity contribution in [3.8, 4) is 0 Å². The monoisotopic (exact) mass is 544 g/mol. The third kappa shape index (κ3) is 15.2. The predicted octanol–water partition coefficient (Wildman–Crippen LogP) is -1.33. The lowest BCUT2D eigenvalue weighted by atomic mass is 10.1. The topological polar surface area (TPSA) is 249 Å². The van der Waals surface area contributed by atoms with Crippen molar-refractivity contribution in [2.24, 2.45) is 0 Å². The van der Waals surface area contributed by atoms with Crippen LogP contribution in [0.15, 0.2) is 48.5 Å². The maximum atomic E-state index is 11.4. The van der Waals surface area contributed by atoms with Gasteiger partial charge >= 0.3 is 23.9 Å². The maximum absolute atomic E-state index is 11.4. The van der Waals surface area contributed by atoms with Crippen molar-refractivity contribution >= 4 is 23.9 Å². The van der Waals surface area contributed by atoms with Gasteiger partial charge in [0.2, 0.25) is 0 Å². The lowest BCUT2D eigenvalue weighted by molar-refractivity contribution is 0.0422. The molecule has 0 unspecified atom stereocenters. The molecule has 38 heavy (non-hydrogen) atoms. The zero-order chi connectivity index (χ0) is 28.1. The van der Waals surface area contributed by atoms with E-state index in [1.54, 1.807) is 0 Å². The van der Waals surface area contributed by atoms with Crippen LogP contribution in [0.2, 0.25) is 0 Å². The third-order valence-electron chi connectivity index (χ3n) is 3.80. The number of aromatic carboxylic acids is 1. The SMILES string of the molecule is O.O=C(O)c1ccc(C(=O)OCCO)cc1.O=C(OCCO)c1ccc(C(=O)OCCO)cc1.OCCO. The highest BCUT2D eigenvalue weighted by Crippen LogP contribution is 2.08. The molecular formula is C24H32O14. The molecule has 0 aromatic heterocycles. The van der Waals surface area contributed by atoms with Gasteiger partial charge in [0.25, 0.3) is 0 Å². The van der Waals surface area contributed by atoms with E-state index in [-0.39, 0.29) is 80.6 Å². The minimum Gasteiger partial charge on any atom is -0.478 e. The molecule has 0 amide bonds. The Morgan fingerprint density at radius 1 is 0.474 bits per heavy atom. The minimum atomic E-state index is -1.05. The molecule has 0 aliphatic heterocycles. The zero-order valence-corrected chi connectivity index (χ0v) is 20.3. The maximum Gasteiger partial charge on any atom is 0.338 e. The molecule has 0 bridgehead atoms. The molecule has 0 aliphatic rings. The van der Waals surface area contributed by atoms with Crippen LogP contribution >= 0.6 is 0 Å². The zero-order valence-electron chi connectivity index (χ0n) is 20.3. The van der Waals surface area contributed by atoms with Crippen molar-refractivity contribution in [1.82, 2.24) is 0 Å². The quantitative estimate of drug-likeness (QED) is 0.142. The molecule has 0 radical (unpaired) electrons. The van der Waals surface area contributed by atoms with E-state index < -0.39 is 23.9 Å². The summed E-state index contributed by atoms with van der Waals surface area (Å²) in [6.07, 6.45) is 0. The summed E-state index contributed by atoms with van der Waals surface area (Å²) in [5.41, 5.74) is 0.923. The van der Waals surface area contributed by atoms with Gasteiger partial charge in [0, 0.05) is 0 Å². The van der Waals surface area contributed by atoms with Crippen LogP contribution < -0.4 is 0 Å². The lowest BCUT2D eigenvalue weighted by Crippen LogP contribution is -2.11. The Morgan fingerprint density at radius 3 is 0.895 bits per heavy atom. The minimum absolute atomic E-state index is 0. The second-order valence-electron chi connectivity index (χ2n) is 6.49. The van der Waals surface area contributed by atoms with Gasteiger partial charge in [-0.1, -0.05) is 0 Å². The van der Waals surface area contributed by atoms with E-state index in [9.17, 15) is 19.2 Å². The Bertz CT molecular complexity index is 901. The highest BCUT2D eigenvalue weighted by atomic mass is 16.5. The van der Waals surface area contributed by atoms with E-state index in [4.69, 9.17) is 40.1 Å². The first-order valence-corrected chi connectivity index (χ1v) is 10.7. The highest BCUT2D eigenvalue weighted by molar-refractivity contribution is 5.93. The molecule has 0 saturated carbocycles. The van der Waals surface area contributed by atoms with Gasteiger partial charge in [0.05, 0.1) is 55.3 Å². The van der Waals surface area contributed by atoms with E-state index in [0.717, 1.165) is 0 Å². The van der Waals surface area contributed by atoms with Crippen molar-refractivity contribution < 1.29 is 69.5 Å². The predicted molar refractivity (Wildman–Crippen MR) is 130 cm³/mol. The summed E-state index contributed by atoms with van der Waals surface area (Å²) in [5.74, 6) is -2.77. The fourth-order valence-corrected chi connectivity index (χ4v) is 2.16. The summed E-state index contributed by atoms with van der Waals surface area (Å²) >= 11 is 0. The number of rotatable bonds is 11. The smallest absolute Gasteiger partial charge is 0.338 e. The average molecular weight is 545 g/mol. The summed E-state index contributed by atoms with van der Waals surface area (Å²) in [6.45, 7) is -1.18. The van der Waals surface area contributed by atoms with Crippen molar-refractivity contribution in [1.29, 1.82) is 0 Å². The number of ether oxygens (including phenoxy) is 3. The Hall–Kier alpha value is -3.92. The van der Waals surface area contributed by atoms with Crippen LogP contribution in [-0.4, -0.2) is 113 Å². The van der Waals surface area contributed by atoms with Crippen LogP contribution in [0.5, 0.6) is 0 Å². The van der Waals surface area contributed by atoms with Crippen molar-refractivity contribution in [3.63, 3.8) is 0 Å². The van der Waals surface area contributed by atoms with Crippen molar-refractivity contribution in [2.75, 3.05) is 52.9 Å². The number of carboxylic acids is 1. The molecule has 0 fully saturated rings. The van der Waals surface area contributed by atoms with Crippen LogP contribution in [-0.2, 0) is 14.2 Å². The molecule has 2 aromatic rings. The molecule has 0 saturated heterocycles. The van der Waals surface area contributed by atoms with Gasteiger partial charge in [0.1, 0.15) is 19.8 Å². The van der Waals surface area contributed by atoms with Crippen LogP contribution in [0.25, 0.3) is 0 Å². The number of benzene rings is 2. The van der Waals surface area contributed by atoms with Crippen molar-refractivity contribution in [3.05, 3.63) is 70.8 Å². The van der Waals surface area contributed by atoms with Crippen LogP contribution in [0, 0.1) is 0 Å². The normalized spacial score (nSPS) is 9.29. The Morgan fingerprint density at radius 2 is 0.711 bits per heavy atom. The van der Waals surface area contributed by atoms with E-state index >= 15 is 0 Å². The molecule has 212 valence electrons. The highest BCUT2D eigenvalue weighted by Gasteiger charge is 2.11. The molecule has 14 heteroatoms. The number of aliphatic hydroxyl groups excluding tert-OH is 5. The van der Waals surface area contributed by atoms with Crippen LogP contribution in [0.1, 0.15) is 41.4 Å². The summed E-state index contributed by atoms with van der Waals surface area (Å²) in [4.78, 5) is 44.5. The van der Waals surface area contributed by atoms with Gasteiger partial charge in [-0.2, -0.15) is 0 Å². The number of hydrogen-bond acceptors (Lipinski definition) is 12. The second kappa shape index (κ2) is 22.3. The summed E-state index contributed by atoms with van der Waals surface area (Å²) in [5, 5.41) is 49.3. The Balaban J connectivity index is 0. The molecule has 14 nitrogen and oxygen atoms in total. The molecule has 0 aliphatic carbocycles. The summed E-state index contributed by atoms with van der Waals surface area (Å²) in [6, 6.07) is 11.1. The standard InChI is InChI=1S/C12H14O6.C10H10O5.C2H6O2.H2O/c13-5-7-17-11(15)9-1-2-10(4-3-9)12(16)18-8-6-14;11-5-6-15-10(14)8-3-1-7(2-4-8)9(12)13;3-1-2-4;/h1-4,13-14H,5-8H2;1-4,11H,5-6H2,(H,12,13);3-4H,1-2H2;1H2. The van der Waals surface area contributed by atoms with Gasteiger partial charge in [-0.25, -0.2) is 19.2 Å². The summed E-state index contributed by atoms with van der Waals surface area (Å²) in [7, 11) is 0. The molecule has 2 aromatic carbocycles. The van der Waals surface area contributed by atoms with Gasteiger partial charge < -0.3 is 50.3 Å². The molecule has 8 N–H and O–H groups in total. The molecule has 0 heterocycles.